The maximum atomic E-state index is 9.37. The Morgan fingerprint density at radius 1 is 1.55 bits per heavy atom. The van der Waals surface area contributed by atoms with Crippen molar-refractivity contribution in [1.29, 1.82) is 0 Å². The second-order valence-corrected chi connectivity index (χ2v) is 4.15. The van der Waals surface area contributed by atoms with Crippen molar-refractivity contribution in [2.24, 2.45) is 0 Å². The van der Waals surface area contributed by atoms with Gasteiger partial charge in [0, 0.05) is 4.47 Å². The van der Waals surface area contributed by atoms with E-state index in [4.69, 9.17) is 0 Å². The highest BCUT2D eigenvalue weighted by atomic mass is 79.9. The van der Waals surface area contributed by atoms with Gasteiger partial charge in [-0.05, 0) is 33.8 Å². The van der Waals surface area contributed by atoms with Gasteiger partial charge in [0.1, 0.15) is 5.75 Å². The van der Waals surface area contributed by atoms with E-state index in [1.54, 1.807) is 17.8 Å². The summed E-state index contributed by atoms with van der Waals surface area (Å²) in [6, 6.07) is 5.44. The zero-order chi connectivity index (χ0) is 8.27. The molecule has 60 valence electrons. The third-order valence-corrected chi connectivity index (χ3v) is 3.16. The fourth-order valence-electron chi connectivity index (χ4n) is 0.785. The number of rotatable bonds is 2. The first-order valence-corrected chi connectivity index (χ1v) is 5.14. The third kappa shape index (κ3) is 2.14. The van der Waals surface area contributed by atoms with Crippen LogP contribution >= 0.6 is 27.7 Å². The van der Waals surface area contributed by atoms with Crippen LogP contribution in [0.1, 0.15) is 6.92 Å². The van der Waals surface area contributed by atoms with Gasteiger partial charge >= 0.3 is 0 Å². The van der Waals surface area contributed by atoms with E-state index in [-0.39, 0.29) is 0 Å². The van der Waals surface area contributed by atoms with Crippen molar-refractivity contribution in [2.45, 2.75) is 11.8 Å². The summed E-state index contributed by atoms with van der Waals surface area (Å²) in [5, 5.41) is 9.37. The summed E-state index contributed by atoms with van der Waals surface area (Å²) in [7, 11) is 0. The van der Waals surface area contributed by atoms with E-state index in [1.165, 1.54) is 0 Å². The molecule has 1 nitrogen and oxygen atoms in total. The standard InChI is InChI=1S/C8H9BrOS/c1-2-11-8-6(9)4-3-5-7(8)10/h3-5,10H,2H2,1H3. The predicted molar refractivity (Wildman–Crippen MR) is 52.2 cm³/mol. The number of aromatic hydroxyl groups is 1. The van der Waals surface area contributed by atoms with Crippen LogP contribution in [0.2, 0.25) is 0 Å². The van der Waals surface area contributed by atoms with Crippen molar-refractivity contribution in [3.8, 4) is 5.75 Å². The van der Waals surface area contributed by atoms with Crippen LogP contribution in [-0.2, 0) is 0 Å². The Balaban J connectivity index is 3.00. The molecule has 0 aromatic heterocycles. The van der Waals surface area contributed by atoms with Gasteiger partial charge in [-0.3, -0.25) is 0 Å². The van der Waals surface area contributed by atoms with E-state index in [0.717, 1.165) is 15.1 Å². The molecule has 0 radical (unpaired) electrons. The summed E-state index contributed by atoms with van der Waals surface area (Å²) in [6.07, 6.45) is 0. The van der Waals surface area contributed by atoms with Gasteiger partial charge in [-0.1, -0.05) is 13.0 Å². The molecule has 0 bridgehead atoms. The van der Waals surface area contributed by atoms with Crippen molar-refractivity contribution in [3.63, 3.8) is 0 Å². The number of hydrogen-bond acceptors (Lipinski definition) is 2. The zero-order valence-corrected chi connectivity index (χ0v) is 8.58. The smallest absolute Gasteiger partial charge is 0.130 e. The first kappa shape index (κ1) is 8.94. The summed E-state index contributed by atoms with van der Waals surface area (Å²) in [5.74, 6) is 1.32. The van der Waals surface area contributed by atoms with E-state index in [9.17, 15) is 5.11 Å². The second kappa shape index (κ2) is 4.02. The molecule has 0 unspecified atom stereocenters. The molecule has 11 heavy (non-hydrogen) atoms. The maximum absolute atomic E-state index is 9.37. The lowest BCUT2D eigenvalue weighted by Gasteiger charge is -2.03. The number of thioether (sulfide) groups is 1. The molecule has 0 saturated carbocycles. The number of benzene rings is 1. The summed E-state index contributed by atoms with van der Waals surface area (Å²) in [4.78, 5) is 0.926. The molecule has 0 atom stereocenters. The van der Waals surface area contributed by atoms with Gasteiger partial charge in [-0.2, -0.15) is 0 Å². The molecule has 0 heterocycles. The molecule has 1 rings (SSSR count). The minimum Gasteiger partial charge on any atom is -0.507 e. The molecule has 0 spiro atoms. The molecular weight excluding hydrogens is 224 g/mol. The molecular formula is C8H9BrOS. The van der Waals surface area contributed by atoms with E-state index in [2.05, 4.69) is 22.9 Å². The van der Waals surface area contributed by atoms with Crippen LogP contribution in [0.25, 0.3) is 0 Å². The topological polar surface area (TPSA) is 20.2 Å². The van der Waals surface area contributed by atoms with Crippen molar-refractivity contribution < 1.29 is 5.11 Å². The van der Waals surface area contributed by atoms with Crippen LogP contribution in [0.5, 0.6) is 5.75 Å². The Morgan fingerprint density at radius 2 is 2.27 bits per heavy atom. The molecule has 0 aliphatic rings. The van der Waals surface area contributed by atoms with Crippen LogP contribution in [0.15, 0.2) is 27.6 Å². The quantitative estimate of drug-likeness (QED) is 0.791. The highest BCUT2D eigenvalue weighted by molar-refractivity contribution is 9.10. The largest absolute Gasteiger partial charge is 0.507 e. The number of halogens is 1. The molecule has 0 aliphatic carbocycles. The summed E-state index contributed by atoms with van der Waals surface area (Å²) in [6.45, 7) is 2.06. The highest BCUT2D eigenvalue weighted by Gasteiger charge is 2.03. The maximum Gasteiger partial charge on any atom is 0.130 e. The van der Waals surface area contributed by atoms with Gasteiger partial charge in [0.2, 0.25) is 0 Å². The molecule has 1 N–H and O–H groups in total. The Hall–Kier alpha value is -0.150. The molecule has 1 aromatic rings. The average Bonchev–Trinajstić information content (AvgIpc) is 1.97. The SMILES string of the molecule is CCSc1c(O)cccc1Br. The summed E-state index contributed by atoms with van der Waals surface area (Å²) >= 11 is 5.00. The van der Waals surface area contributed by atoms with Crippen molar-refractivity contribution >= 4 is 27.7 Å². The third-order valence-electron chi connectivity index (χ3n) is 1.23. The van der Waals surface area contributed by atoms with E-state index >= 15 is 0 Å². The lowest BCUT2D eigenvalue weighted by atomic mass is 10.3. The predicted octanol–water partition coefficient (Wildman–Crippen LogP) is 3.27. The Morgan fingerprint density at radius 3 is 2.82 bits per heavy atom. The molecule has 1 aromatic carbocycles. The Bertz CT molecular complexity index is 230. The van der Waals surface area contributed by atoms with Gasteiger partial charge < -0.3 is 5.11 Å². The zero-order valence-electron chi connectivity index (χ0n) is 6.17. The molecule has 3 heteroatoms. The van der Waals surface area contributed by atoms with Crippen LogP contribution in [-0.4, -0.2) is 10.9 Å². The van der Waals surface area contributed by atoms with E-state index in [0.29, 0.717) is 5.75 Å². The van der Waals surface area contributed by atoms with E-state index in [1.807, 2.05) is 12.1 Å². The molecule has 0 aliphatic heterocycles. The second-order valence-electron chi connectivity index (χ2n) is 2.02. The minimum atomic E-state index is 0.353. The van der Waals surface area contributed by atoms with Gasteiger partial charge in [0.25, 0.3) is 0 Å². The summed E-state index contributed by atoms with van der Waals surface area (Å²) in [5.41, 5.74) is 0. The lowest BCUT2D eigenvalue weighted by molar-refractivity contribution is 0.461. The van der Waals surface area contributed by atoms with Crippen LogP contribution in [0.3, 0.4) is 0 Å². The normalized spacial score (nSPS) is 10.0. The monoisotopic (exact) mass is 232 g/mol. The number of phenolic OH excluding ortho intramolecular Hbond substituents is 1. The van der Waals surface area contributed by atoms with Gasteiger partial charge in [0.05, 0.1) is 4.90 Å². The van der Waals surface area contributed by atoms with Crippen molar-refractivity contribution in [2.75, 3.05) is 5.75 Å². The number of phenols is 1. The van der Waals surface area contributed by atoms with Crippen LogP contribution in [0, 0.1) is 0 Å². The summed E-state index contributed by atoms with van der Waals surface area (Å²) < 4.78 is 0.962. The lowest BCUT2D eigenvalue weighted by Crippen LogP contribution is -1.76. The van der Waals surface area contributed by atoms with Gasteiger partial charge in [0.15, 0.2) is 0 Å². The Labute approximate surface area is 78.9 Å². The number of hydrogen-bond donors (Lipinski definition) is 1. The van der Waals surface area contributed by atoms with Crippen LogP contribution in [0.4, 0.5) is 0 Å². The Kier molecular flexibility index (Phi) is 3.27. The highest BCUT2D eigenvalue weighted by Crippen LogP contribution is 2.34. The van der Waals surface area contributed by atoms with Gasteiger partial charge in [-0.15, -0.1) is 11.8 Å². The van der Waals surface area contributed by atoms with E-state index < -0.39 is 0 Å². The minimum absolute atomic E-state index is 0.353. The first-order chi connectivity index (χ1) is 5.25. The van der Waals surface area contributed by atoms with Crippen molar-refractivity contribution in [1.82, 2.24) is 0 Å². The average molecular weight is 233 g/mol. The van der Waals surface area contributed by atoms with Gasteiger partial charge in [-0.25, -0.2) is 0 Å². The van der Waals surface area contributed by atoms with Crippen LogP contribution < -0.4 is 0 Å². The fraction of sp³-hybridized carbons (Fsp3) is 0.250. The molecule has 0 fully saturated rings. The molecule has 0 amide bonds. The van der Waals surface area contributed by atoms with Crippen molar-refractivity contribution in [3.05, 3.63) is 22.7 Å². The first-order valence-electron chi connectivity index (χ1n) is 3.36. The fourth-order valence-corrected chi connectivity index (χ4v) is 2.19. The molecule has 0 saturated heterocycles.